The lowest BCUT2D eigenvalue weighted by Crippen LogP contribution is -2.15. The highest BCUT2D eigenvalue weighted by molar-refractivity contribution is 9.10. The number of carbonyl (C=O) groups is 2. The van der Waals surface area contributed by atoms with Crippen LogP contribution in [0, 0.1) is 6.92 Å². The second-order valence-electron chi connectivity index (χ2n) is 4.39. The smallest absolute Gasteiger partial charge is 0.360 e. The zero-order chi connectivity index (χ0) is 15.6. The SMILES string of the molecule is COC(=O)c1nn(C)c(C)c1NC(=O)c1cccc(Br)c1. The van der Waals surface area contributed by atoms with E-state index in [0.29, 0.717) is 16.9 Å². The number of ether oxygens (including phenoxy) is 1. The van der Waals surface area contributed by atoms with Gasteiger partial charge in [0.15, 0.2) is 5.69 Å². The lowest BCUT2D eigenvalue weighted by atomic mass is 10.2. The van der Waals surface area contributed by atoms with Crippen molar-refractivity contribution in [1.29, 1.82) is 0 Å². The maximum absolute atomic E-state index is 12.3. The maximum atomic E-state index is 12.3. The molecule has 1 aromatic carbocycles. The largest absolute Gasteiger partial charge is 0.464 e. The van der Waals surface area contributed by atoms with Crippen LogP contribution in [-0.2, 0) is 11.8 Å². The molecule has 0 saturated carbocycles. The number of methoxy groups -OCH3 is 1. The van der Waals surface area contributed by atoms with Gasteiger partial charge >= 0.3 is 5.97 Å². The molecule has 0 unspecified atom stereocenters. The summed E-state index contributed by atoms with van der Waals surface area (Å²) < 4.78 is 6.99. The second kappa shape index (κ2) is 6.09. The van der Waals surface area contributed by atoms with Crippen LogP contribution in [0.15, 0.2) is 28.7 Å². The third kappa shape index (κ3) is 3.13. The van der Waals surface area contributed by atoms with Gasteiger partial charge in [0.1, 0.15) is 0 Å². The van der Waals surface area contributed by atoms with E-state index in [0.717, 1.165) is 4.47 Å². The van der Waals surface area contributed by atoms with Gasteiger partial charge in [0.25, 0.3) is 5.91 Å². The fraction of sp³-hybridized carbons (Fsp3) is 0.214. The normalized spacial score (nSPS) is 10.3. The van der Waals surface area contributed by atoms with Crippen molar-refractivity contribution in [3.8, 4) is 0 Å². The minimum Gasteiger partial charge on any atom is -0.464 e. The van der Waals surface area contributed by atoms with Crippen LogP contribution in [0.25, 0.3) is 0 Å². The van der Waals surface area contributed by atoms with E-state index >= 15 is 0 Å². The number of aryl methyl sites for hydroxylation is 1. The third-order valence-electron chi connectivity index (χ3n) is 3.04. The molecule has 0 aliphatic carbocycles. The number of halogens is 1. The first-order valence-corrected chi connectivity index (χ1v) is 6.92. The summed E-state index contributed by atoms with van der Waals surface area (Å²) in [6.45, 7) is 1.76. The van der Waals surface area contributed by atoms with E-state index < -0.39 is 5.97 Å². The number of benzene rings is 1. The Bertz CT molecular complexity index is 709. The van der Waals surface area contributed by atoms with Crippen molar-refractivity contribution in [3.63, 3.8) is 0 Å². The van der Waals surface area contributed by atoms with E-state index in [4.69, 9.17) is 0 Å². The molecule has 1 N–H and O–H groups in total. The summed E-state index contributed by atoms with van der Waals surface area (Å²) in [5.74, 6) is -0.916. The Labute approximate surface area is 130 Å². The van der Waals surface area contributed by atoms with Crippen molar-refractivity contribution in [2.45, 2.75) is 6.92 Å². The van der Waals surface area contributed by atoms with Gasteiger partial charge in [-0.15, -0.1) is 0 Å². The highest BCUT2D eigenvalue weighted by Crippen LogP contribution is 2.22. The molecule has 21 heavy (non-hydrogen) atoms. The number of rotatable bonds is 3. The number of nitrogens with zero attached hydrogens (tertiary/aromatic N) is 2. The van der Waals surface area contributed by atoms with Crippen molar-refractivity contribution in [1.82, 2.24) is 9.78 Å². The van der Waals surface area contributed by atoms with Gasteiger partial charge < -0.3 is 10.1 Å². The number of anilines is 1. The molecule has 0 spiro atoms. The number of hydrogen-bond acceptors (Lipinski definition) is 4. The van der Waals surface area contributed by atoms with Crippen LogP contribution in [0.3, 0.4) is 0 Å². The van der Waals surface area contributed by atoms with E-state index in [1.165, 1.54) is 11.8 Å². The first-order valence-electron chi connectivity index (χ1n) is 6.13. The summed E-state index contributed by atoms with van der Waals surface area (Å²) in [4.78, 5) is 24.0. The fourth-order valence-corrected chi connectivity index (χ4v) is 2.21. The summed E-state index contributed by atoms with van der Waals surface area (Å²) in [6.07, 6.45) is 0. The van der Waals surface area contributed by atoms with Crippen LogP contribution < -0.4 is 5.32 Å². The van der Waals surface area contributed by atoms with Crippen LogP contribution >= 0.6 is 15.9 Å². The lowest BCUT2D eigenvalue weighted by Gasteiger charge is -2.06. The Balaban J connectivity index is 2.35. The fourth-order valence-electron chi connectivity index (χ4n) is 1.81. The van der Waals surface area contributed by atoms with E-state index in [2.05, 4.69) is 31.1 Å². The number of hydrogen-bond donors (Lipinski definition) is 1. The zero-order valence-electron chi connectivity index (χ0n) is 11.8. The molecular weight excluding hydrogens is 338 g/mol. The predicted molar refractivity (Wildman–Crippen MR) is 81.4 cm³/mol. The standard InChI is InChI=1S/C14H14BrN3O3/c1-8-11(12(14(20)21-3)17-18(8)2)16-13(19)9-5-4-6-10(15)7-9/h4-7H,1-3H3,(H,16,19). The Kier molecular flexibility index (Phi) is 4.42. The number of aromatic nitrogens is 2. The van der Waals surface area contributed by atoms with Crippen molar-refractivity contribution in [3.05, 3.63) is 45.7 Å². The Morgan fingerprint density at radius 1 is 1.38 bits per heavy atom. The highest BCUT2D eigenvalue weighted by Gasteiger charge is 2.22. The molecule has 1 aromatic heterocycles. The maximum Gasteiger partial charge on any atom is 0.360 e. The number of nitrogens with one attached hydrogen (secondary N) is 1. The van der Waals surface area contributed by atoms with Gasteiger partial charge in [-0.2, -0.15) is 5.10 Å². The van der Waals surface area contributed by atoms with Gasteiger partial charge in [-0.25, -0.2) is 4.79 Å². The number of amides is 1. The summed E-state index contributed by atoms with van der Waals surface area (Å²) in [5.41, 5.74) is 1.58. The van der Waals surface area contributed by atoms with Crippen LogP contribution in [0.4, 0.5) is 5.69 Å². The van der Waals surface area contributed by atoms with E-state index in [1.807, 2.05) is 6.07 Å². The molecule has 7 heteroatoms. The first-order chi connectivity index (χ1) is 9.93. The zero-order valence-corrected chi connectivity index (χ0v) is 13.4. The number of esters is 1. The molecule has 110 valence electrons. The van der Waals surface area contributed by atoms with Gasteiger partial charge in [0, 0.05) is 17.1 Å². The molecule has 6 nitrogen and oxygen atoms in total. The molecular formula is C14H14BrN3O3. The van der Waals surface area contributed by atoms with Crippen LogP contribution in [0.1, 0.15) is 26.5 Å². The Hall–Kier alpha value is -2.15. The van der Waals surface area contributed by atoms with Gasteiger partial charge in [-0.3, -0.25) is 9.48 Å². The average molecular weight is 352 g/mol. The summed E-state index contributed by atoms with van der Waals surface area (Å²) in [5, 5.41) is 6.78. The lowest BCUT2D eigenvalue weighted by molar-refractivity contribution is 0.0594. The quantitative estimate of drug-likeness (QED) is 0.862. The van der Waals surface area contributed by atoms with Gasteiger partial charge in [0.2, 0.25) is 0 Å². The molecule has 1 heterocycles. The Morgan fingerprint density at radius 2 is 2.10 bits per heavy atom. The molecule has 0 aliphatic rings. The highest BCUT2D eigenvalue weighted by atomic mass is 79.9. The van der Waals surface area contributed by atoms with Crippen LogP contribution in [-0.4, -0.2) is 28.8 Å². The minimum atomic E-state index is -0.594. The molecule has 0 aliphatic heterocycles. The molecule has 1 amide bonds. The van der Waals surface area contributed by atoms with Crippen molar-refractivity contribution in [2.75, 3.05) is 12.4 Å². The molecule has 0 radical (unpaired) electrons. The topological polar surface area (TPSA) is 73.2 Å². The summed E-state index contributed by atoms with van der Waals surface area (Å²) in [7, 11) is 2.96. The van der Waals surface area contributed by atoms with Gasteiger partial charge in [-0.05, 0) is 25.1 Å². The van der Waals surface area contributed by atoms with Crippen LogP contribution in [0.2, 0.25) is 0 Å². The molecule has 0 saturated heterocycles. The average Bonchev–Trinajstić information content (AvgIpc) is 2.74. The second-order valence-corrected chi connectivity index (χ2v) is 5.30. The van der Waals surface area contributed by atoms with Crippen LogP contribution in [0.5, 0.6) is 0 Å². The van der Waals surface area contributed by atoms with Crippen molar-refractivity contribution < 1.29 is 14.3 Å². The predicted octanol–water partition coefficient (Wildman–Crippen LogP) is 2.53. The summed E-state index contributed by atoms with van der Waals surface area (Å²) in [6, 6.07) is 6.96. The summed E-state index contributed by atoms with van der Waals surface area (Å²) >= 11 is 3.31. The molecule has 0 bridgehead atoms. The van der Waals surface area contributed by atoms with Crippen molar-refractivity contribution in [2.24, 2.45) is 7.05 Å². The van der Waals surface area contributed by atoms with E-state index in [-0.39, 0.29) is 11.6 Å². The minimum absolute atomic E-state index is 0.0841. The van der Waals surface area contributed by atoms with E-state index in [9.17, 15) is 9.59 Å². The Morgan fingerprint density at radius 3 is 2.71 bits per heavy atom. The van der Waals surface area contributed by atoms with Crippen molar-refractivity contribution >= 4 is 33.5 Å². The van der Waals surface area contributed by atoms with Gasteiger partial charge in [-0.1, -0.05) is 22.0 Å². The molecule has 0 atom stereocenters. The molecule has 2 rings (SSSR count). The number of carbonyl (C=O) groups excluding carboxylic acids is 2. The third-order valence-corrected chi connectivity index (χ3v) is 3.53. The van der Waals surface area contributed by atoms with Gasteiger partial charge in [0.05, 0.1) is 18.5 Å². The monoisotopic (exact) mass is 351 g/mol. The van der Waals surface area contributed by atoms with E-state index in [1.54, 1.807) is 32.2 Å². The molecule has 0 fully saturated rings. The molecule has 2 aromatic rings. The first kappa shape index (κ1) is 15.2.